The lowest BCUT2D eigenvalue weighted by Gasteiger charge is -2.09. The molecule has 0 unspecified atom stereocenters. The molecule has 0 saturated carbocycles. The summed E-state index contributed by atoms with van der Waals surface area (Å²) < 4.78 is 7.73. The van der Waals surface area contributed by atoms with Crippen LogP contribution in [0.1, 0.15) is 27.0 Å². The number of benzene rings is 3. The van der Waals surface area contributed by atoms with Crippen LogP contribution < -0.4 is 10.2 Å². The van der Waals surface area contributed by atoms with E-state index in [-0.39, 0.29) is 5.91 Å². The zero-order valence-electron chi connectivity index (χ0n) is 16.9. The van der Waals surface area contributed by atoms with Gasteiger partial charge < -0.3 is 4.74 Å². The average molecular weight is 410 g/mol. The van der Waals surface area contributed by atoms with Gasteiger partial charge in [0.2, 0.25) is 0 Å². The van der Waals surface area contributed by atoms with Gasteiger partial charge in [-0.25, -0.2) is 5.43 Å². The van der Waals surface area contributed by atoms with Crippen LogP contribution in [-0.2, 0) is 13.2 Å². The largest absolute Gasteiger partial charge is 0.488 e. The summed E-state index contributed by atoms with van der Waals surface area (Å²) in [5.41, 5.74) is 5.98. The SMILES string of the molecule is O=C(NN=Cc1ccccc1OCc1ccccc1)c1cccc(Cn2cccn2)c1. The van der Waals surface area contributed by atoms with Gasteiger partial charge in [-0.3, -0.25) is 9.48 Å². The van der Waals surface area contributed by atoms with Crippen LogP contribution in [0.25, 0.3) is 0 Å². The lowest BCUT2D eigenvalue weighted by molar-refractivity contribution is 0.0955. The predicted octanol–water partition coefficient (Wildman–Crippen LogP) is 4.27. The molecule has 0 aliphatic carbocycles. The highest BCUT2D eigenvalue weighted by atomic mass is 16.5. The Kier molecular flexibility index (Phi) is 6.50. The first kappa shape index (κ1) is 20.1. The van der Waals surface area contributed by atoms with Crippen molar-refractivity contribution >= 4 is 12.1 Å². The lowest BCUT2D eigenvalue weighted by Crippen LogP contribution is -2.18. The molecule has 31 heavy (non-hydrogen) atoms. The van der Waals surface area contributed by atoms with E-state index < -0.39 is 0 Å². The Bertz CT molecular complexity index is 1160. The number of hydrogen-bond donors (Lipinski definition) is 1. The molecule has 0 aliphatic rings. The Balaban J connectivity index is 1.38. The maximum Gasteiger partial charge on any atom is 0.271 e. The molecule has 6 heteroatoms. The molecule has 1 N–H and O–H groups in total. The van der Waals surface area contributed by atoms with Crippen LogP contribution in [0.5, 0.6) is 5.75 Å². The minimum atomic E-state index is -0.277. The zero-order chi connectivity index (χ0) is 21.3. The van der Waals surface area contributed by atoms with Gasteiger partial charge in [0, 0.05) is 23.5 Å². The highest BCUT2D eigenvalue weighted by molar-refractivity contribution is 5.95. The second kappa shape index (κ2) is 10.0. The fourth-order valence-electron chi connectivity index (χ4n) is 3.07. The van der Waals surface area contributed by atoms with Crippen molar-refractivity contribution in [3.05, 3.63) is 120 Å². The standard InChI is InChI=1S/C25H22N4O2/c30-25(22-12-6-10-21(16-22)18-29-15-7-14-27-29)28-26-17-23-11-4-5-13-24(23)31-19-20-8-2-1-3-9-20/h1-17H,18-19H2,(H,28,30). The Labute approximate surface area is 180 Å². The molecule has 0 bridgehead atoms. The summed E-state index contributed by atoms with van der Waals surface area (Å²) in [5, 5.41) is 8.31. The van der Waals surface area contributed by atoms with Crippen molar-refractivity contribution in [3.8, 4) is 5.75 Å². The van der Waals surface area contributed by atoms with Crippen molar-refractivity contribution in [1.82, 2.24) is 15.2 Å². The summed E-state index contributed by atoms with van der Waals surface area (Å²) >= 11 is 0. The minimum absolute atomic E-state index is 0.277. The Morgan fingerprint density at radius 3 is 2.61 bits per heavy atom. The molecule has 3 aromatic carbocycles. The fourth-order valence-corrected chi connectivity index (χ4v) is 3.07. The third-order valence-electron chi connectivity index (χ3n) is 4.62. The summed E-state index contributed by atoms with van der Waals surface area (Å²) in [7, 11) is 0. The van der Waals surface area contributed by atoms with Gasteiger partial charge >= 0.3 is 0 Å². The molecule has 154 valence electrons. The van der Waals surface area contributed by atoms with Crippen molar-refractivity contribution in [2.45, 2.75) is 13.2 Å². The van der Waals surface area contributed by atoms with E-state index in [0.29, 0.717) is 24.5 Å². The number of carbonyl (C=O) groups is 1. The molecule has 1 aromatic heterocycles. The van der Waals surface area contributed by atoms with Gasteiger partial charge in [0.15, 0.2) is 0 Å². The van der Waals surface area contributed by atoms with Gasteiger partial charge in [-0.05, 0) is 41.5 Å². The van der Waals surface area contributed by atoms with E-state index in [0.717, 1.165) is 16.7 Å². The molecular weight excluding hydrogens is 388 g/mol. The molecule has 6 nitrogen and oxygen atoms in total. The van der Waals surface area contributed by atoms with Crippen LogP contribution in [0.2, 0.25) is 0 Å². The molecule has 0 saturated heterocycles. The fraction of sp³-hybridized carbons (Fsp3) is 0.0800. The molecule has 4 aromatic rings. The van der Waals surface area contributed by atoms with Crippen molar-refractivity contribution < 1.29 is 9.53 Å². The van der Waals surface area contributed by atoms with Crippen LogP contribution in [-0.4, -0.2) is 21.9 Å². The van der Waals surface area contributed by atoms with E-state index in [1.165, 1.54) is 0 Å². The number of amides is 1. The summed E-state index contributed by atoms with van der Waals surface area (Å²) in [6, 6.07) is 26.8. The number of para-hydroxylation sites is 1. The molecule has 4 rings (SSSR count). The van der Waals surface area contributed by atoms with E-state index >= 15 is 0 Å². The van der Waals surface area contributed by atoms with Crippen molar-refractivity contribution in [3.63, 3.8) is 0 Å². The molecule has 0 aliphatic heterocycles. The zero-order valence-corrected chi connectivity index (χ0v) is 16.9. The summed E-state index contributed by atoms with van der Waals surface area (Å²) in [6.07, 6.45) is 5.20. The van der Waals surface area contributed by atoms with Gasteiger partial charge in [0.05, 0.1) is 12.8 Å². The van der Waals surface area contributed by atoms with Crippen LogP contribution in [0, 0.1) is 0 Å². The summed E-state index contributed by atoms with van der Waals surface area (Å²) in [5.74, 6) is 0.423. The maximum absolute atomic E-state index is 12.5. The lowest BCUT2D eigenvalue weighted by atomic mass is 10.1. The second-order valence-electron chi connectivity index (χ2n) is 6.92. The Morgan fingerprint density at radius 2 is 1.77 bits per heavy atom. The van der Waals surface area contributed by atoms with Gasteiger partial charge in [0.25, 0.3) is 5.91 Å². The number of hydrogen-bond acceptors (Lipinski definition) is 4. The number of rotatable bonds is 8. The number of nitrogens with zero attached hydrogens (tertiary/aromatic N) is 3. The van der Waals surface area contributed by atoms with Crippen LogP contribution in [0.4, 0.5) is 0 Å². The first-order valence-electron chi connectivity index (χ1n) is 9.93. The Morgan fingerprint density at radius 1 is 0.968 bits per heavy atom. The Hall–Kier alpha value is -4.19. The topological polar surface area (TPSA) is 68.5 Å². The molecule has 1 heterocycles. The second-order valence-corrected chi connectivity index (χ2v) is 6.92. The highest BCUT2D eigenvalue weighted by Gasteiger charge is 2.06. The van der Waals surface area contributed by atoms with E-state index in [1.807, 2.05) is 89.7 Å². The molecular formula is C25H22N4O2. The van der Waals surface area contributed by atoms with E-state index in [9.17, 15) is 4.79 Å². The molecule has 0 radical (unpaired) electrons. The summed E-state index contributed by atoms with van der Waals surface area (Å²) in [6.45, 7) is 1.06. The first-order chi connectivity index (χ1) is 15.3. The predicted molar refractivity (Wildman–Crippen MR) is 120 cm³/mol. The number of carbonyl (C=O) groups excluding carboxylic acids is 1. The number of nitrogens with one attached hydrogen (secondary N) is 1. The molecule has 0 spiro atoms. The van der Waals surface area contributed by atoms with Gasteiger partial charge in [-0.1, -0.05) is 54.6 Å². The van der Waals surface area contributed by atoms with Gasteiger partial charge in [-0.15, -0.1) is 0 Å². The van der Waals surface area contributed by atoms with E-state index in [1.54, 1.807) is 18.5 Å². The van der Waals surface area contributed by atoms with Crippen LogP contribution >= 0.6 is 0 Å². The highest BCUT2D eigenvalue weighted by Crippen LogP contribution is 2.17. The quantitative estimate of drug-likeness (QED) is 0.348. The van der Waals surface area contributed by atoms with Gasteiger partial charge in [-0.2, -0.15) is 10.2 Å². The smallest absolute Gasteiger partial charge is 0.271 e. The van der Waals surface area contributed by atoms with E-state index in [2.05, 4.69) is 15.6 Å². The maximum atomic E-state index is 12.5. The van der Waals surface area contributed by atoms with Crippen molar-refractivity contribution in [2.75, 3.05) is 0 Å². The van der Waals surface area contributed by atoms with Crippen molar-refractivity contribution in [1.29, 1.82) is 0 Å². The third-order valence-corrected chi connectivity index (χ3v) is 4.62. The molecule has 1 amide bonds. The molecule has 0 atom stereocenters. The van der Waals surface area contributed by atoms with Crippen LogP contribution in [0.3, 0.4) is 0 Å². The average Bonchev–Trinajstić information content (AvgIpc) is 3.32. The minimum Gasteiger partial charge on any atom is -0.488 e. The normalized spacial score (nSPS) is 10.8. The number of ether oxygens (including phenoxy) is 1. The van der Waals surface area contributed by atoms with Crippen LogP contribution in [0.15, 0.2) is 102 Å². The van der Waals surface area contributed by atoms with Gasteiger partial charge in [0.1, 0.15) is 12.4 Å². The van der Waals surface area contributed by atoms with E-state index in [4.69, 9.17) is 4.74 Å². The van der Waals surface area contributed by atoms with Crippen molar-refractivity contribution in [2.24, 2.45) is 5.10 Å². The summed E-state index contributed by atoms with van der Waals surface area (Å²) in [4.78, 5) is 12.5. The first-order valence-corrected chi connectivity index (χ1v) is 9.93. The number of hydrazone groups is 1. The monoisotopic (exact) mass is 410 g/mol. The third kappa shape index (κ3) is 5.67. The molecule has 0 fully saturated rings. The number of aromatic nitrogens is 2.